The molecule has 0 saturated carbocycles. The fourth-order valence-corrected chi connectivity index (χ4v) is 5.60. The zero-order valence-electron chi connectivity index (χ0n) is 19.7. The summed E-state index contributed by atoms with van der Waals surface area (Å²) in [5.74, 6) is 2.24. The van der Waals surface area contributed by atoms with Crippen molar-refractivity contribution < 1.29 is 9.53 Å². The Balaban J connectivity index is 1.41. The summed E-state index contributed by atoms with van der Waals surface area (Å²) in [5.41, 5.74) is 3.69. The summed E-state index contributed by atoms with van der Waals surface area (Å²) in [7, 11) is 0. The van der Waals surface area contributed by atoms with E-state index in [1.54, 1.807) is 11.3 Å². The maximum Gasteiger partial charge on any atom is 0.226 e. The SMILES string of the molecule is CC1(C)CC(=O)C2=C(C1)Nc1nc(-c3cccs3)nn1C2c1cccc(OCc2ccccc2)c1. The summed E-state index contributed by atoms with van der Waals surface area (Å²) in [5, 5.41) is 10.3. The lowest BCUT2D eigenvalue weighted by Gasteiger charge is -2.38. The number of nitrogens with zero attached hydrogens (tertiary/aromatic N) is 3. The van der Waals surface area contributed by atoms with Gasteiger partial charge in [-0.3, -0.25) is 4.79 Å². The van der Waals surface area contributed by atoms with Gasteiger partial charge in [0.1, 0.15) is 18.4 Å². The second kappa shape index (κ2) is 8.50. The Morgan fingerprint density at radius 2 is 1.94 bits per heavy atom. The molecule has 2 aromatic heterocycles. The molecular weight excluding hydrogens is 456 g/mol. The van der Waals surface area contributed by atoms with Crippen LogP contribution in [0.2, 0.25) is 0 Å². The molecule has 3 heterocycles. The number of anilines is 1. The van der Waals surface area contributed by atoms with Crippen LogP contribution in [0.15, 0.2) is 83.4 Å². The molecule has 0 saturated heterocycles. The monoisotopic (exact) mass is 482 g/mol. The van der Waals surface area contributed by atoms with Gasteiger partial charge in [0.2, 0.25) is 5.95 Å². The molecule has 0 bridgehead atoms. The van der Waals surface area contributed by atoms with Crippen LogP contribution in [-0.4, -0.2) is 20.5 Å². The topological polar surface area (TPSA) is 69.0 Å². The molecule has 0 spiro atoms. The summed E-state index contributed by atoms with van der Waals surface area (Å²) in [6, 6.07) is 21.7. The van der Waals surface area contributed by atoms with Gasteiger partial charge in [-0.15, -0.1) is 16.4 Å². The normalized spacial score (nSPS) is 18.6. The lowest BCUT2D eigenvalue weighted by atomic mass is 9.73. The maximum absolute atomic E-state index is 13.5. The van der Waals surface area contributed by atoms with Crippen LogP contribution >= 0.6 is 11.3 Å². The van der Waals surface area contributed by atoms with Crippen LogP contribution in [0.4, 0.5) is 5.95 Å². The molecule has 7 heteroatoms. The average molecular weight is 483 g/mol. The van der Waals surface area contributed by atoms with Gasteiger partial charge in [-0.05, 0) is 46.5 Å². The number of carbonyl (C=O) groups excluding carboxylic acids is 1. The van der Waals surface area contributed by atoms with E-state index in [-0.39, 0.29) is 17.2 Å². The number of ether oxygens (including phenoxy) is 1. The fourth-order valence-electron chi connectivity index (χ4n) is 4.94. The van der Waals surface area contributed by atoms with Gasteiger partial charge in [0.25, 0.3) is 0 Å². The van der Waals surface area contributed by atoms with Gasteiger partial charge in [0.05, 0.1) is 4.88 Å². The Kier molecular flexibility index (Phi) is 5.29. The second-order valence-corrected chi connectivity index (χ2v) is 10.8. The van der Waals surface area contributed by atoms with Crippen LogP contribution in [0, 0.1) is 5.41 Å². The first-order valence-corrected chi connectivity index (χ1v) is 12.7. The zero-order chi connectivity index (χ0) is 24.0. The van der Waals surface area contributed by atoms with E-state index in [0.717, 1.165) is 39.4 Å². The number of allylic oxidation sites excluding steroid dienone is 2. The lowest BCUT2D eigenvalue weighted by molar-refractivity contribution is -0.118. The van der Waals surface area contributed by atoms with Gasteiger partial charge < -0.3 is 10.1 Å². The van der Waals surface area contributed by atoms with Crippen molar-refractivity contribution in [3.63, 3.8) is 0 Å². The first-order chi connectivity index (χ1) is 17.0. The Labute approximate surface area is 208 Å². The summed E-state index contributed by atoms with van der Waals surface area (Å²) >= 11 is 1.60. The third kappa shape index (κ3) is 4.17. The molecule has 0 fully saturated rings. The molecule has 0 amide bonds. The van der Waals surface area contributed by atoms with Crippen molar-refractivity contribution in [3.8, 4) is 16.5 Å². The molecule has 1 atom stereocenters. The predicted molar refractivity (Wildman–Crippen MR) is 137 cm³/mol. The second-order valence-electron chi connectivity index (χ2n) is 9.89. The number of nitrogens with one attached hydrogen (secondary N) is 1. The van der Waals surface area contributed by atoms with Crippen LogP contribution in [0.25, 0.3) is 10.7 Å². The number of thiophene rings is 1. The largest absolute Gasteiger partial charge is 0.489 e. The number of hydrogen-bond donors (Lipinski definition) is 1. The van der Waals surface area contributed by atoms with Gasteiger partial charge in [0.15, 0.2) is 11.6 Å². The number of rotatable bonds is 5. The minimum atomic E-state index is -0.355. The minimum absolute atomic E-state index is 0.104. The van der Waals surface area contributed by atoms with Gasteiger partial charge in [0, 0.05) is 17.7 Å². The van der Waals surface area contributed by atoms with Gasteiger partial charge in [-0.25, -0.2) is 4.68 Å². The van der Waals surface area contributed by atoms with Crippen molar-refractivity contribution in [3.05, 3.63) is 94.5 Å². The minimum Gasteiger partial charge on any atom is -0.489 e. The molecule has 1 aliphatic heterocycles. The maximum atomic E-state index is 13.5. The molecule has 1 unspecified atom stereocenters. The number of hydrogen-bond acceptors (Lipinski definition) is 6. The molecule has 176 valence electrons. The first kappa shape index (κ1) is 21.8. The van der Waals surface area contributed by atoms with Crippen LogP contribution in [0.5, 0.6) is 5.75 Å². The van der Waals surface area contributed by atoms with E-state index in [9.17, 15) is 4.79 Å². The quantitative estimate of drug-likeness (QED) is 0.364. The van der Waals surface area contributed by atoms with E-state index in [0.29, 0.717) is 24.8 Å². The van der Waals surface area contributed by atoms with Gasteiger partial charge in [-0.2, -0.15) is 4.98 Å². The first-order valence-electron chi connectivity index (χ1n) is 11.8. The van der Waals surface area contributed by atoms with Crippen LogP contribution in [0.3, 0.4) is 0 Å². The molecule has 1 aliphatic carbocycles. The molecule has 2 aromatic carbocycles. The van der Waals surface area contributed by atoms with Crippen molar-refractivity contribution in [2.24, 2.45) is 5.41 Å². The van der Waals surface area contributed by atoms with Crippen LogP contribution < -0.4 is 10.1 Å². The summed E-state index contributed by atoms with van der Waals surface area (Å²) in [6.45, 7) is 4.76. The molecule has 0 radical (unpaired) electrons. The number of ketones is 1. The molecule has 4 aromatic rings. The van der Waals surface area contributed by atoms with Crippen LogP contribution in [-0.2, 0) is 11.4 Å². The third-order valence-corrected chi connectivity index (χ3v) is 7.36. The average Bonchev–Trinajstić information content (AvgIpc) is 3.51. The summed E-state index contributed by atoms with van der Waals surface area (Å²) in [6.07, 6.45) is 1.30. The van der Waals surface area contributed by atoms with E-state index < -0.39 is 0 Å². The smallest absolute Gasteiger partial charge is 0.226 e. The van der Waals surface area contributed by atoms with E-state index in [2.05, 4.69) is 19.2 Å². The standard InChI is InChI=1S/C28H26N4O2S/c1-28(2)15-21-24(22(33)16-28)25(32-27(29-21)30-26(31-32)23-12-7-13-35-23)19-10-6-11-20(14-19)34-17-18-8-4-3-5-9-18/h3-14,25H,15-17H2,1-2H3,(H,29,30,31). The van der Waals surface area contributed by atoms with E-state index in [1.165, 1.54) is 0 Å². The van der Waals surface area contributed by atoms with Gasteiger partial charge >= 0.3 is 0 Å². The van der Waals surface area contributed by atoms with E-state index in [1.807, 2.05) is 76.8 Å². The highest BCUT2D eigenvalue weighted by Crippen LogP contribution is 2.46. The van der Waals surface area contributed by atoms with Gasteiger partial charge in [-0.1, -0.05) is 62.4 Å². The number of carbonyl (C=O) groups is 1. The third-order valence-electron chi connectivity index (χ3n) is 6.50. The molecule has 35 heavy (non-hydrogen) atoms. The highest BCUT2D eigenvalue weighted by atomic mass is 32.1. The Hall–Kier alpha value is -3.71. The van der Waals surface area contributed by atoms with E-state index >= 15 is 0 Å². The van der Waals surface area contributed by atoms with Crippen molar-refractivity contribution in [1.82, 2.24) is 14.8 Å². The molecular formula is C28H26N4O2S. The van der Waals surface area contributed by atoms with E-state index in [4.69, 9.17) is 14.8 Å². The van der Waals surface area contributed by atoms with Crippen molar-refractivity contribution in [1.29, 1.82) is 0 Å². The Bertz CT molecular complexity index is 1420. The molecule has 6 nitrogen and oxygen atoms in total. The highest BCUT2D eigenvalue weighted by molar-refractivity contribution is 7.13. The van der Waals surface area contributed by atoms with Crippen molar-refractivity contribution >= 4 is 23.1 Å². The molecule has 2 aliphatic rings. The number of fused-ring (bicyclic) bond motifs is 1. The lowest BCUT2D eigenvalue weighted by Crippen LogP contribution is -2.36. The van der Waals surface area contributed by atoms with Crippen molar-refractivity contribution in [2.75, 3.05) is 5.32 Å². The summed E-state index contributed by atoms with van der Waals surface area (Å²) in [4.78, 5) is 19.3. The molecule has 1 N–H and O–H groups in total. The Morgan fingerprint density at radius 1 is 1.09 bits per heavy atom. The van der Waals surface area contributed by atoms with Crippen LogP contribution in [0.1, 0.15) is 43.9 Å². The Morgan fingerprint density at radius 3 is 2.74 bits per heavy atom. The van der Waals surface area contributed by atoms with Crippen molar-refractivity contribution in [2.45, 2.75) is 39.3 Å². The number of benzene rings is 2. The highest BCUT2D eigenvalue weighted by Gasteiger charge is 2.42. The number of Topliss-reactive ketones (excluding diaryl/α,β-unsaturated/α-hetero) is 1. The zero-order valence-corrected chi connectivity index (χ0v) is 20.5. The molecule has 6 rings (SSSR count). The fraction of sp³-hybridized carbons (Fsp3) is 0.250. The number of aromatic nitrogens is 3. The summed E-state index contributed by atoms with van der Waals surface area (Å²) < 4.78 is 7.97. The predicted octanol–water partition coefficient (Wildman–Crippen LogP) is 6.24.